The van der Waals surface area contributed by atoms with E-state index in [2.05, 4.69) is 24.9 Å². The van der Waals surface area contributed by atoms with E-state index in [0.717, 1.165) is 58.1 Å². The summed E-state index contributed by atoms with van der Waals surface area (Å²) in [4.78, 5) is 31.6. The van der Waals surface area contributed by atoms with Gasteiger partial charge in [-0.25, -0.2) is 18.2 Å². The number of aliphatic carboxylic acids is 1. The number of rotatable bonds is 7. The quantitative estimate of drug-likeness (QED) is 0.230. The average molecular weight is 630 g/mol. The second kappa shape index (κ2) is 12.2. The van der Waals surface area contributed by atoms with Crippen molar-refractivity contribution in [2.75, 3.05) is 17.8 Å². The number of halogens is 3. The number of thiophene rings is 1. The fourth-order valence-electron chi connectivity index (χ4n) is 4.29. The van der Waals surface area contributed by atoms with Gasteiger partial charge in [0.1, 0.15) is 9.22 Å². The fourth-order valence-corrected chi connectivity index (χ4v) is 7.71. The molecule has 1 fully saturated rings. The highest BCUT2D eigenvalue weighted by atomic mass is 32.2. The topological polar surface area (TPSA) is 144 Å². The molecule has 5 rings (SSSR count). The number of H-pyrrole nitrogens is 1. The number of nitrogens with zero attached hydrogens (tertiary/aromatic N) is 2. The number of aryl methyl sites for hydroxylation is 1. The highest BCUT2D eigenvalue weighted by molar-refractivity contribution is 7.94. The van der Waals surface area contributed by atoms with Crippen molar-refractivity contribution in [2.45, 2.75) is 43.2 Å². The Hall–Kier alpha value is -3.47. The van der Waals surface area contributed by atoms with Crippen molar-refractivity contribution in [1.29, 1.82) is 0 Å². The van der Waals surface area contributed by atoms with Gasteiger partial charge in [0, 0.05) is 49.1 Å². The first-order valence-corrected chi connectivity index (χ1v) is 15.3. The van der Waals surface area contributed by atoms with Gasteiger partial charge in [0.05, 0.1) is 16.9 Å². The molecule has 220 valence electrons. The number of carboxylic acids is 1. The first-order valence-electron chi connectivity index (χ1n) is 12.2. The summed E-state index contributed by atoms with van der Waals surface area (Å²) in [7, 11) is -3.67. The fraction of sp³-hybridized carbons (Fsp3) is 0.320. The van der Waals surface area contributed by atoms with Crippen molar-refractivity contribution in [3.05, 3.63) is 52.3 Å². The zero-order valence-corrected chi connectivity index (χ0v) is 24.2. The van der Waals surface area contributed by atoms with E-state index in [4.69, 9.17) is 9.90 Å². The number of alkyl halides is 3. The molecule has 0 bridgehead atoms. The maximum absolute atomic E-state index is 12.9. The van der Waals surface area contributed by atoms with E-state index in [0.29, 0.717) is 9.90 Å². The number of aromatic amines is 1. The molecule has 1 aliphatic rings. The Bertz CT molecular complexity index is 1660. The smallest absolute Gasteiger partial charge is 0.475 e. The van der Waals surface area contributed by atoms with E-state index >= 15 is 0 Å². The van der Waals surface area contributed by atoms with Crippen LogP contribution in [0.25, 0.3) is 21.6 Å². The van der Waals surface area contributed by atoms with Crippen LogP contribution in [0.2, 0.25) is 0 Å². The molecule has 0 spiro atoms. The summed E-state index contributed by atoms with van der Waals surface area (Å²) >= 11 is 2.82. The lowest BCUT2D eigenvalue weighted by Gasteiger charge is -2.14. The Kier molecular flexibility index (Phi) is 9.06. The minimum Gasteiger partial charge on any atom is -0.475 e. The van der Waals surface area contributed by atoms with Crippen LogP contribution in [0.1, 0.15) is 23.8 Å². The van der Waals surface area contributed by atoms with Gasteiger partial charge in [0.15, 0.2) is 0 Å². The molecule has 4 aromatic rings. The first-order chi connectivity index (χ1) is 19.2. The number of likely N-dealkylation sites (tertiary alicyclic amines) is 1. The standard InChI is InChI=1S/C23H25N5O3S3.C2HF3O2/c1-14-7-9-32-23(14)34(30,31)27-19-5-3-4-16-10-20(26-21(16)19)22-24-11-18(33-22)13-28-8-6-17(12-28)25-15(2)29;3-2(4,5)1(6)7/h3-5,7,9-11,17,26-27H,6,8,12-13H2,1-2H3,(H,25,29);(H,6,7). The van der Waals surface area contributed by atoms with Crippen LogP contribution >= 0.6 is 22.7 Å². The van der Waals surface area contributed by atoms with Gasteiger partial charge in [-0.05, 0) is 42.5 Å². The van der Waals surface area contributed by atoms with E-state index in [1.807, 2.05) is 24.4 Å². The van der Waals surface area contributed by atoms with Crippen LogP contribution in [0.4, 0.5) is 18.9 Å². The summed E-state index contributed by atoms with van der Waals surface area (Å²) in [6, 6.07) is 9.55. The number of thiazole rings is 1. The third-order valence-electron chi connectivity index (χ3n) is 6.05. The normalized spacial score (nSPS) is 15.9. The van der Waals surface area contributed by atoms with Crippen molar-refractivity contribution < 1.29 is 36.3 Å². The number of fused-ring (bicyclic) bond motifs is 1. The highest BCUT2D eigenvalue weighted by Gasteiger charge is 2.38. The largest absolute Gasteiger partial charge is 0.490 e. The van der Waals surface area contributed by atoms with E-state index in [1.54, 1.807) is 42.7 Å². The Morgan fingerprint density at radius 1 is 1.27 bits per heavy atom. The van der Waals surface area contributed by atoms with Crippen LogP contribution in [-0.2, 0) is 26.2 Å². The number of para-hydroxylation sites is 1. The number of carboxylic acid groups (broad SMARTS) is 1. The van der Waals surface area contributed by atoms with Gasteiger partial charge in [0.2, 0.25) is 5.91 Å². The number of nitrogens with one attached hydrogen (secondary N) is 3. The third-order valence-corrected chi connectivity index (χ3v) is 10.1. The lowest BCUT2D eigenvalue weighted by atomic mass is 10.2. The molecule has 41 heavy (non-hydrogen) atoms. The molecule has 0 saturated carbocycles. The number of anilines is 1. The number of hydrogen-bond acceptors (Lipinski definition) is 8. The van der Waals surface area contributed by atoms with E-state index in [-0.39, 0.29) is 11.9 Å². The molecule has 4 heterocycles. The van der Waals surface area contributed by atoms with Gasteiger partial charge >= 0.3 is 12.1 Å². The number of carbonyl (C=O) groups excluding carboxylic acids is 1. The summed E-state index contributed by atoms with van der Waals surface area (Å²) < 4.78 is 60.6. The van der Waals surface area contributed by atoms with Gasteiger partial charge in [-0.1, -0.05) is 12.1 Å². The maximum atomic E-state index is 12.9. The SMILES string of the molecule is CC(=O)NC1CCN(Cc2cnc(-c3cc4cccc(NS(=O)(=O)c5sccc5C)c4[nH]3)s2)C1.O=C(O)C(F)(F)F. The lowest BCUT2D eigenvalue weighted by Crippen LogP contribution is -2.35. The lowest BCUT2D eigenvalue weighted by molar-refractivity contribution is -0.192. The van der Waals surface area contributed by atoms with Crippen LogP contribution < -0.4 is 10.0 Å². The molecule has 0 aliphatic carbocycles. The molecule has 1 unspecified atom stereocenters. The molecule has 3 aromatic heterocycles. The second-order valence-corrected chi connectivity index (χ2v) is 13.2. The zero-order valence-electron chi connectivity index (χ0n) is 21.8. The molecule has 10 nitrogen and oxygen atoms in total. The Balaban J connectivity index is 0.000000493. The Morgan fingerprint density at radius 2 is 2.00 bits per heavy atom. The molecule has 1 aliphatic heterocycles. The number of amides is 1. The van der Waals surface area contributed by atoms with E-state index < -0.39 is 22.2 Å². The number of sulfonamides is 1. The van der Waals surface area contributed by atoms with Crippen LogP contribution in [-0.4, -0.2) is 65.6 Å². The van der Waals surface area contributed by atoms with Crippen molar-refractivity contribution in [3.63, 3.8) is 0 Å². The molecule has 1 amide bonds. The van der Waals surface area contributed by atoms with Crippen LogP contribution in [0.5, 0.6) is 0 Å². The van der Waals surface area contributed by atoms with Gasteiger partial charge in [-0.2, -0.15) is 13.2 Å². The van der Waals surface area contributed by atoms with E-state index in [1.165, 1.54) is 11.3 Å². The molecular formula is C25H26F3N5O5S3. The Labute approximate surface area is 241 Å². The summed E-state index contributed by atoms with van der Waals surface area (Å²) in [5, 5.41) is 13.7. The third kappa shape index (κ3) is 7.63. The van der Waals surface area contributed by atoms with E-state index in [9.17, 15) is 26.4 Å². The molecular weight excluding hydrogens is 604 g/mol. The molecule has 1 saturated heterocycles. The number of hydrogen-bond donors (Lipinski definition) is 4. The molecule has 1 aromatic carbocycles. The van der Waals surface area contributed by atoms with Crippen LogP contribution in [0.15, 0.2) is 46.1 Å². The summed E-state index contributed by atoms with van der Waals surface area (Å²) in [6.45, 7) is 5.92. The first kappa shape index (κ1) is 30.5. The Morgan fingerprint density at radius 3 is 2.63 bits per heavy atom. The number of benzene rings is 1. The highest BCUT2D eigenvalue weighted by Crippen LogP contribution is 2.33. The summed E-state index contributed by atoms with van der Waals surface area (Å²) in [5.74, 6) is -2.74. The minimum absolute atomic E-state index is 0.0120. The molecule has 4 N–H and O–H groups in total. The van der Waals surface area contributed by atoms with Gasteiger partial charge in [0.25, 0.3) is 10.0 Å². The summed E-state index contributed by atoms with van der Waals surface area (Å²) in [5.41, 5.74) is 2.82. The molecule has 1 atom stereocenters. The van der Waals surface area contributed by atoms with Crippen molar-refractivity contribution in [1.82, 2.24) is 20.2 Å². The van der Waals surface area contributed by atoms with Gasteiger partial charge in [-0.15, -0.1) is 22.7 Å². The van der Waals surface area contributed by atoms with Gasteiger partial charge < -0.3 is 15.4 Å². The average Bonchev–Trinajstić information content (AvgIpc) is 3.66. The monoisotopic (exact) mass is 629 g/mol. The second-order valence-electron chi connectivity index (χ2n) is 9.31. The summed E-state index contributed by atoms with van der Waals surface area (Å²) in [6.07, 6.45) is -2.24. The number of aromatic nitrogens is 2. The van der Waals surface area contributed by atoms with Crippen molar-refractivity contribution >= 4 is 61.2 Å². The van der Waals surface area contributed by atoms with Crippen molar-refractivity contribution in [3.8, 4) is 10.7 Å². The van der Waals surface area contributed by atoms with Gasteiger partial charge in [-0.3, -0.25) is 14.4 Å². The maximum Gasteiger partial charge on any atom is 0.490 e. The van der Waals surface area contributed by atoms with Crippen LogP contribution in [0.3, 0.4) is 0 Å². The van der Waals surface area contributed by atoms with Crippen LogP contribution in [0, 0.1) is 6.92 Å². The molecule has 16 heteroatoms. The predicted molar refractivity (Wildman–Crippen MR) is 150 cm³/mol. The predicted octanol–water partition coefficient (Wildman–Crippen LogP) is 4.81. The number of carbonyl (C=O) groups is 2. The minimum atomic E-state index is -5.08. The van der Waals surface area contributed by atoms with Crippen molar-refractivity contribution in [2.24, 2.45) is 0 Å². The zero-order chi connectivity index (χ0) is 29.9. The molecule has 0 radical (unpaired) electrons.